The number of halogens is 1. The SMILES string of the molecule is OCC1CCCCCN1CCCBr. The summed E-state index contributed by atoms with van der Waals surface area (Å²) in [4.78, 5) is 2.45. The van der Waals surface area contributed by atoms with E-state index >= 15 is 0 Å². The van der Waals surface area contributed by atoms with Crippen molar-refractivity contribution in [3.05, 3.63) is 0 Å². The molecule has 0 amide bonds. The molecule has 1 heterocycles. The maximum absolute atomic E-state index is 9.23. The van der Waals surface area contributed by atoms with Gasteiger partial charge in [-0.25, -0.2) is 0 Å². The first-order valence-electron chi connectivity index (χ1n) is 5.29. The van der Waals surface area contributed by atoms with E-state index in [2.05, 4.69) is 20.8 Å². The van der Waals surface area contributed by atoms with Crippen molar-refractivity contribution in [3.8, 4) is 0 Å². The molecule has 1 fully saturated rings. The molecular formula is C10H20BrNO. The lowest BCUT2D eigenvalue weighted by Gasteiger charge is -2.27. The average molecular weight is 250 g/mol. The Morgan fingerprint density at radius 1 is 1.31 bits per heavy atom. The summed E-state index contributed by atoms with van der Waals surface area (Å²) < 4.78 is 0. The molecule has 0 radical (unpaired) electrons. The monoisotopic (exact) mass is 249 g/mol. The number of nitrogens with zero attached hydrogens (tertiary/aromatic N) is 1. The number of aliphatic hydroxyl groups excluding tert-OH is 1. The lowest BCUT2D eigenvalue weighted by molar-refractivity contribution is 0.125. The zero-order valence-corrected chi connectivity index (χ0v) is 9.80. The van der Waals surface area contributed by atoms with E-state index < -0.39 is 0 Å². The Morgan fingerprint density at radius 2 is 2.15 bits per heavy atom. The Bertz CT molecular complexity index is 132. The third-order valence-corrected chi connectivity index (χ3v) is 3.35. The number of aliphatic hydroxyl groups is 1. The van der Waals surface area contributed by atoms with E-state index in [1.807, 2.05) is 0 Å². The van der Waals surface area contributed by atoms with Crippen LogP contribution >= 0.6 is 15.9 Å². The molecule has 0 aliphatic carbocycles. The van der Waals surface area contributed by atoms with E-state index in [1.165, 1.54) is 38.6 Å². The van der Waals surface area contributed by atoms with Crippen molar-refractivity contribution in [2.24, 2.45) is 0 Å². The number of hydrogen-bond donors (Lipinski definition) is 1. The Balaban J connectivity index is 2.34. The van der Waals surface area contributed by atoms with Crippen LogP contribution in [-0.4, -0.2) is 41.1 Å². The summed E-state index contributed by atoms with van der Waals surface area (Å²) in [6.07, 6.45) is 6.30. The highest BCUT2D eigenvalue weighted by molar-refractivity contribution is 9.09. The molecule has 1 N–H and O–H groups in total. The highest BCUT2D eigenvalue weighted by Gasteiger charge is 2.18. The van der Waals surface area contributed by atoms with E-state index in [0.717, 1.165) is 11.9 Å². The first-order valence-corrected chi connectivity index (χ1v) is 6.41. The number of likely N-dealkylation sites (tertiary alicyclic amines) is 1. The molecule has 1 aliphatic rings. The molecule has 1 saturated heterocycles. The van der Waals surface area contributed by atoms with Gasteiger partial charge in [0.2, 0.25) is 0 Å². The first kappa shape index (κ1) is 11.5. The summed E-state index contributed by atoms with van der Waals surface area (Å²) >= 11 is 3.45. The predicted octanol–water partition coefficient (Wildman–Crippen LogP) is 2.01. The molecule has 78 valence electrons. The quantitative estimate of drug-likeness (QED) is 0.771. The van der Waals surface area contributed by atoms with Crippen molar-refractivity contribution < 1.29 is 5.11 Å². The Labute approximate surface area is 89.4 Å². The minimum atomic E-state index is 0.336. The lowest BCUT2D eigenvalue weighted by Crippen LogP contribution is -2.38. The predicted molar refractivity (Wildman–Crippen MR) is 59.3 cm³/mol. The number of rotatable bonds is 4. The van der Waals surface area contributed by atoms with Gasteiger partial charge in [-0.2, -0.15) is 0 Å². The van der Waals surface area contributed by atoms with Crippen LogP contribution in [0, 0.1) is 0 Å². The van der Waals surface area contributed by atoms with Crippen LogP contribution in [-0.2, 0) is 0 Å². The Kier molecular flexibility index (Phi) is 6.00. The van der Waals surface area contributed by atoms with E-state index in [4.69, 9.17) is 0 Å². The molecule has 3 heteroatoms. The van der Waals surface area contributed by atoms with Crippen LogP contribution < -0.4 is 0 Å². The van der Waals surface area contributed by atoms with Crippen LogP contribution in [0.5, 0.6) is 0 Å². The van der Waals surface area contributed by atoms with Crippen molar-refractivity contribution in [1.29, 1.82) is 0 Å². The largest absolute Gasteiger partial charge is 0.395 e. The maximum atomic E-state index is 9.23. The highest BCUT2D eigenvalue weighted by Crippen LogP contribution is 2.16. The highest BCUT2D eigenvalue weighted by atomic mass is 79.9. The molecule has 0 bridgehead atoms. The van der Waals surface area contributed by atoms with Crippen LogP contribution in [0.4, 0.5) is 0 Å². The summed E-state index contributed by atoms with van der Waals surface area (Å²) in [5.74, 6) is 0. The van der Waals surface area contributed by atoms with Crippen LogP contribution in [0.2, 0.25) is 0 Å². The fourth-order valence-corrected chi connectivity index (χ4v) is 2.25. The molecular weight excluding hydrogens is 230 g/mol. The molecule has 1 aliphatic heterocycles. The summed E-state index contributed by atoms with van der Waals surface area (Å²) in [7, 11) is 0. The smallest absolute Gasteiger partial charge is 0.0586 e. The van der Waals surface area contributed by atoms with E-state index in [0.29, 0.717) is 12.6 Å². The van der Waals surface area contributed by atoms with E-state index in [-0.39, 0.29) is 0 Å². The third kappa shape index (κ3) is 3.96. The molecule has 0 aromatic carbocycles. The van der Waals surface area contributed by atoms with Gasteiger partial charge in [0.15, 0.2) is 0 Å². The molecule has 1 rings (SSSR count). The van der Waals surface area contributed by atoms with E-state index in [1.54, 1.807) is 0 Å². The second-order valence-electron chi connectivity index (χ2n) is 3.76. The average Bonchev–Trinajstić information content (AvgIpc) is 2.39. The topological polar surface area (TPSA) is 23.5 Å². The first-order chi connectivity index (χ1) is 6.38. The normalized spacial score (nSPS) is 25.8. The zero-order chi connectivity index (χ0) is 9.52. The summed E-state index contributed by atoms with van der Waals surface area (Å²) in [5, 5.41) is 10.3. The van der Waals surface area contributed by atoms with Gasteiger partial charge >= 0.3 is 0 Å². The van der Waals surface area contributed by atoms with Crippen molar-refractivity contribution in [1.82, 2.24) is 4.90 Å². The second kappa shape index (κ2) is 6.80. The minimum Gasteiger partial charge on any atom is -0.395 e. The van der Waals surface area contributed by atoms with Crippen LogP contribution in [0.15, 0.2) is 0 Å². The molecule has 0 aromatic rings. The number of hydrogen-bond acceptors (Lipinski definition) is 2. The van der Waals surface area contributed by atoms with E-state index in [9.17, 15) is 5.11 Å². The lowest BCUT2D eigenvalue weighted by atomic mass is 10.1. The van der Waals surface area contributed by atoms with Gasteiger partial charge in [0.1, 0.15) is 0 Å². The fraction of sp³-hybridized carbons (Fsp3) is 1.00. The van der Waals surface area contributed by atoms with Gasteiger partial charge in [0, 0.05) is 11.4 Å². The standard InChI is InChI=1S/C10H20BrNO/c11-6-4-8-12-7-3-1-2-5-10(12)9-13/h10,13H,1-9H2. The molecule has 2 nitrogen and oxygen atoms in total. The van der Waals surface area contributed by atoms with Gasteiger partial charge in [0.25, 0.3) is 0 Å². The Hall–Kier alpha value is 0.400. The Morgan fingerprint density at radius 3 is 2.85 bits per heavy atom. The molecule has 0 saturated carbocycles. The van der Waals surface area contributed by atoms with Gasteiger partial charge in [-0.05, 0) is 32.4 Å². The molecule has 13 heavy (non-hydrogen) atoms. The van der Waals surface area contributed by atoms with Crippen molar-refractivity contribution in [2.45, 2.75) is 38.1 Å². The van der Waals surface area contributed by atoms with Crippen LogP contribution in [0.25, 0.3) is 0 Å². The summed E-state index contributed by atoms with van der Waals surface area (Å²) in [5.41, 5.74) is 0. The summed E-state index contributed by atoms with van der Waals surface area (Å²) in [6, 6.07) is 0.432. The summed E-state index contributed by atoms with van der Waals surface area (Å²) in [6.45, 7) is 2.65. The zero-order valence-electron chi connectivity index (χ0n) is 8.21. The van der Waals surface area contributed by atoms with Gasteiger partial charge in [0.05, 0.1) is 6.61 Å². The van der Waals surface area contributed by atoms with Crippen molar-refractivity contribution in [2.75, 3.05) is 25.0 Å². The molecule has 1 atom stereocenters. The maximum Gasteiger partial charge on any atom is 0.0586 e. The van der Waals surface area contributed by atoms with Crippen molar-refractivity contribution in [3.63, 3.8) is 0 Å². The molecule has 0 spiro atoms. The molecule has 0 aromatic heterocycles. The minimum absolute atomic E-state index is 0.336. The molecule has 1 unspecified atom stereocenters. The van der Waals surface area contributed by atoms with Gasteiger partial charge < -0.3 is 5.11 Å². The van der Waals surface area contributed by atoms with Crippen LogP contribution in [0.1, 0.15) is 32.1 Å². The third-order valence-electron chi connectivity index (χ3n) is 2.79. The second-order valence-corrected chi connectivity index (χ2v) is 4.56. The van der Waals surface area contributed by atoms with Gasteiger partial charge in [-0.3, -0.25) is 4.90 Å². The van der Waals surface area contributed by atoms with Crippen molar-refractivity contribution >= 4 is 15.9 Å². The number of alkyl halides is 1. The van der Waals surface area contributed by atoms with Gasteiger partial charge in [-0.15, -0.1) is 0 Å². The van der Waals surface area contributed by atoms with Gasteiger partial charge in [-0.1, -0.05) is 28.8 Å². The fourth-order valence-electron chi connectivity index (χ4n) is 2.00. The van der Waals surface area contributed by atoms with Crippen LogP contribution in [0.3, 0.4) is 0 Å².